The van der Waals surface area contributed by atoms with Gasteiger partial charge in [-0.2, -0.15) is 0 Å². The second-order valence-electron chi connectivity index (χ2n) is 5.78. The molecule has 1 heterocycles. The topological polar surface area (TPSA) is 57.6 Å². The zero-order chi connectivity index (χ0) is 13.0. The van der Waals surface area contributed by atoms with Crippen LogP contribution in [0.15, 0.2) is 0 Å². The number of carbonyl (C=O) groups is 2. The second kappa shape index (κ2) is 6.21. The van der Waals surface area contributed by atoms with Crippen LogP contribution >= 0.6 is 0 Å². The molecular weight excluding hydrogens is 230 g/mol. The van der Waals surface area contributed by atoms with Crippen molar-refractivity contribution < 1.29 is 14.7 Å². The molecule has 2 aliphatic rings. The van der Waals surface area contributed by atoms with E-state index in [4.69, 9.17) is 5.11 Å². The van der Waals surface area contributed by atoms with E-state index < -0.39 is 5.97 Å². The van der Waals surface area contributed by atoms with Gasteiger partial charge in [0.15, 0.2) is 0 Å². The zero-order valence-corrected chi connectivity index (χ0v) is 10.9. The smallest absolute Gasteiger partial charge is 0.303 e. The molecule has 1 aliphatic heterocycles. The fourth-order valence-corrected chi connectivity index (χ4v) is 3.26. The lowest BCUT2D eigenvalue weighted by Crippen LogP contribution is -2.29. The summed E-state index contributed by atoms with van der Waals surface area (Å²) in [5.41, 5.74) is 0. The Labute approximate surface area is 108 Å². The molecule has 1 amide bonds. The molecule has 1 saturated heterocycles. The SMILES string of the molecule is O=C(O)CC1CCN(C(=O)CCC2CCCC2)C1. The molecule has 0 radical (unpaired) electrons. The molecule has 4 heteroatoms. The number of amides is 1. The van der Waals surface area contributed by atoms with Crippen LogP contribution in [-0.4, -0.2) is 35.0 Å². The molecule has 4 nitrogen and oxygen atoms in total. The Balaban J connectivity index is 1.68. The highest BCUT2D eigenvalue weighted by Crippen LogP contribution is 2.29. The molecular formula is C14H23NO3. The molecule has 0 bridgehead atoms. The van der Waals surface area contributed by atoms with Gasteiger partial charge in [0.2, 0.25) is 5.91 Å². The molecule has 0 aromatic heterocycles. The molecule has 0 spiro atoms. The van der Waals surface area contributed by atoms with Crippen molar-refractivity contribution in [3.05, 3.63) is 0 Å². The molecule has 102 valence electrons. The summed E-state index contributed by atoms with van der Waals surface area (Å²) in [5.74, 6) is 0.402. The molecule has 2 fully saturated rings. The number of hydrogen-bond donors (Lipinski definition) is 1. The van der Waals surface area contributed by atoms with Crippen LogP contribution in [0.1, 0.15) is 51.4 Å². The maximum atomic E-state index is 12.0. The van der Waals surface area contributed by atoms with Gasteiger partial charge in [0.25, 0.3) is 0 Å². The minimum Gasteiger partial charge on any atom is -0.481 e. The van der Waals surface area contributed by atoms with E-state index in [0.717, 1.165) is 25.3 Å². The summed E-state index contributed by atoms with van der Waals surface area (Å²) >= 11 is 0. The van der Waals surface area contributed by atoms with E-state index in [1.54, 1.807) is 0 Å². The number of carbonyl (C=O) groups excluding carboxylic acids is 1. The first-order valence-electron chi connectivity index (χ1n) is 7.14. The Morgan fingerprint density at radius 2 is 1.83 bits per heavy atom. The predicted molar refractivity (Wildman–Crippen MR) is 68.1 cm³/mol. The van der Waals surface area contributed by atoms with Gasteiger partial charge < -0.3 is 10.0 Å². The average Bonchev–Trinajstić information content (AvgIpc) is 2.95. The van der Waals surface area contributed by atoms with Crippen LogP contribution in [0.4, 0.5) is 0 Å². The van der Waals surface area contributed by atoms with Gasteiger partial charge in [0.1, 0.15) is 0 Å². The third-order valence-electron chi connectivity index (χ3n) is 4.34. The third kappa shape index (κ3) is 3.72. The van der Waals surface area contributed by atoms with Crippen molar-refractivity contribution in [1.29, 1.82) is 0 Å². The first-order valence-corrected chi connectivity index (χ1v) is 7.14. The molecule has 1 N–H and O–H groups in total. The molecule has 1 saturated carbocycles. The number of hydrogen-bond acceptors (Lipinski definition) is 2. The fourth-order valence-electron chi connectivity index (χ4n) is 3.26. The van der Waals surface area contributed by atoms with E-state index in [-0.39, 0.29) is 18.2 Å². The quantitative estimate of drug-likeness (QED) is 0.817. The van der Waals surface area contributed by atoms with Gasteiger partial charge in [-0.05, 0) is 24.7 Å². The van der Waals surface area contributed by atoms with Crippen LogP contribution in [0.2, 0.25) is 0 Å². The van der Waals surface area contributed by atoms with Crippen LogP contribution in [0.5, 0.6) is 0 Å². The fraction of sp³-hybridized carbons (Fsp3) is 0.857. The van der Waals surface area contributed by atoms with Crippen molar-refractivity contribution in [2.24, 2.45) is 11.8 Å². The summed E-state index contributed by atoms with van der Waals surface area (Å²) in [6.45, 7) is 1.40. The lowest BCUT2D eigenvalue weighted by molar-refractivity contribution is -0.138. The molecule has 0 aromatic rings. The molecule has 1 unspecified atom stereocenters. The lowest BCUT2D eigenvalue weighted by Gasteiger charge is -2.17. The Bertz CT molecular complexity index is 310. The van der Waals surface area contributed by atoms with Gasteiger partial charge >= 0.3 is 5.97 Å². The van der Waals surface area contributed by atoms with E-state index >= 15 is 0 Å². The Kier molecular flexibility index (Phi) is 4.61. The van der Waals surface area contributed by atoms with Crippen molar-refractivity contribution >= 4 is 11.9 Å². The highest BCUT2D eigenvalue weighted by molar-refractivity contribution is 5.76. The van der Waals surface area contributed by atoms with Gasteiger partial charge in [-0.1, -0.05) is 25.7 Å². The largest absolute Gasteiger partial charge is 0.481 e. The number of likely N-dealkylation sites (tertiary alicyclic amines) is 1. The number of nitrogens with zero attached hydrogens (tertiary/aromatic N) is 1. The van der Waals surface area contributed by atoms with E-state index in [1.807, 2.05) is 4.90 Å². The van der Waals surface area contributed by atoms with Crippen LogP contribution in [0, 0.1) is 11.8 Å². The van der Waals surface area contributed by atoms with E-state index in [9.17, 15) is 9.59 Å². The molecule has 2 rings (SSSR count). The van der Waals surface area contributed by atoms with Crippen LogP contribution in [0.25, 0.3) is 0 Å². The molecule has 1 atom stereocenters. The molecule has 18 heavy (non-hydrogen) atoms. The second-order valence-corrected chi connectivity index (χ2v) is 5.78. The number of aliphatic carboxylic acids is 1. The summed E-state index contributed by atoms with van der Waals surface area (Å²) in [7, 11) is 0. The Morgan fingerprint density at radius 3 is 2.50 bits per heavy atom. The van der Waals surface area contributed by atoms with Crippen LogP contribution in [-0.2, 0) is 9.59 Å². The van der Waals surface area contributed by atoms with Crippen molar-refractivity contribution in [2.45, 2.75) is 51.4 Å². The van der Waals surface area contributed by atoms with Crippen molar-refractivity contribution in [3.8, 4) is 0 Å². The number of carboxylic acids is 1. The first kappa shape index (κ1) is 13.4. The van der Waals surface area contributed by atoms with Crippen molar-refractivity contribution in [2.75, 3.05) is 13.1 Å². The monoisotopic (exact) mass is 253 g/mol. The maximum absolute atomic E-state index is 12.0. The zero-order valence-electron chi connectivity index (χ0n) is 10.9. The molecule has 0 aromatic carbocycles. The summed E-state index contributed by atoms with van der Waals surface area (Å²) in [6, 6.07) is 0. The average molecular weight is 253 g/mol. The standard InChI is InChI=1S/C14H23NO3/c16-13(6-5-11-3-1-2-4-11)15-8-7-12(10-15)9-14(17)18/h11-12H,1-10H2,(H,17,18). The molecule has 1 aliphatic carbocycles. The Hall–Kier alpha value is -1.06. The van der Waals surface area contributed by atoms with Gasteiger partial charge in [-0.3, -0.25) is 9.59 Å². The number of carboxylic acid groups (broad SMARTS) is 1. The van der Waals surface area contributed by atoms with Gasteiger partial charge in [0, 0.05) is 25.9 Å². The number of rotatable bonds is 5. The summed E-state index contributed by atoms with van der Waals surface area (Å²) in [6.07, 6.45) is 7.95. The minimum absolute atomic E-state index is 0.165. The van der Waals surface area contributed by atoms with E-state index in [1.165, 1.54) is 25.7 Å². The Morgan fingerprint density at radius 1 is 1.11 bits per heavy atom. The van der Waals surface area contributed by atoms with Gasteiger partial charge in [0.05, 0.1) is 0 Å². The van der Waals surface area contributed by atoms with Crippen LogP contribution in [0.3, 0.4) is 0 Å². The lowest BCUT2D eigenvalue weighted by atomic mass is 10.0. The van der Waals surface area contributed by atoms with Gasteiger partial charge in [-0.25, -0.2) is 0 Å². The summed E-state index contributed by atoms with van der Waals surface area (Å²) in [4.78, 5) is 24.5. The highest BCUT2D eigenvalue weighted by atomic mass is 16.4. The minimum atomic E-state index is -0.750. The normalized spacial score (nSPS) is 24.7. The van der Waals surface area contributed by atoms with E-state index in [0.29, 0.717) is 13.0 Å². The maximum Gasteiger partial charge on any atom is 0.303 e. The van der Waals surface area contributed by atoms with Crippen molar-refractivity contribution in [3.63, 3.8) is 0 Å². The van der Waals surface area contributed by atoms with E-state index in [2.05, 4.69) is 0 Å². The van der Waals surface area contributed by atoms with Gasteiger partial charge in [-0.15, -0.1) is 0 Å². The highest BCUT2D eigenvalue weighted by Gasteiger charge is 2.28. The first-order chi connectivity index (χ1) is 8.65. The van der Waals surface area contributed by atoms with Crippen molar-refractivity contribution in [1.82, 2.24) is 4.90 Å². The summed E-state index contributed by atoms with van der Waals surface area (Å²) in [5, 5.41) is 8.74. The summed E-state index contributed by atoms with van der Waals surface area (Å²) < 4.78 is 0. The third-order valence-corrected chi connectivity index (χ3v) is 4.34. The van der Waals surface area contributed by atoms with Crippen LogP contribution < -0.4 is 0 Å². The predicted octanol–water partition coefficient (Wildman–Crippen LogP) is 2.28.